The van der Waals surface area contributed by atoms with Crippen LogP contribution in [0.25, 0.3) is 0 Å². The van der Waals surface area contributed by atoms with Crippen molar-refractivity contribution in [3.63, 3.8) is 0 Å². The molecule has 1 N–H and O–H groups in total. The van der Waals surface area contributed by atoms with Crippen molar-refractivity contribution in [3.8, 4) is 0 Å². The summed E-state index contributed by atoms with van der Waals surface area (Å²) < 4.78 is 1.18. The number of halogens is 1. The van der Waals surface area contributed by atoms with E-state index in [0.717, 1.165) is 6.54 Å². The summed E-state index contributed by atoms with van der Waals surface area (Å²) in [4.78, 5) is 2.65. The van der Waals surface area contributed by atoms with Crippen LogP contribution in [0, 0.1) is 0 Å². The maximum Gasteiger partial charge on any atom is 0.0428 e. The molecule has 0 amide bonds. The lowest BCUT2D eigenvalue weighted by molar-refractivity contribution is 0.447. The molecule has 1 saturated heterocycles. The number of anilines is 1. The lowest BCUT2D eigenvalue weighted by atomic mass is 9.96. The molecule has 2 rings (SSSR count). The molecule has 1 aliphatic heterocycles. The van der Waals surface area contributed by atoms with Crippen LogP contribution in [0.2, 0.25) is 0 Å². The van der Waals surface area contributed by atoms with Crippen molar-refractivity contribution >= 4 is 21.6 Å². The summed E-state index contributed by atoms with van der Waals surface area (Å²) >= 11 is 3.66. The van der Waals surface area contributed by atoms with Crippen LogP contribution >= 0.6 is 15.9 Å². The molecule has 1 aromatic carbocycles. The monoisotopic (exact) mass is 352 g/mol. The number of piperidine rings is 1. The molecule has 0 radical (unpaired) electrons. The van der Waals surface area contributed by atoms with Crippen molar-refractivity contribution in [1.82, 2.24) is 5.32 Å². The van der Waals surface area contributed by atoms with Gasteiger partial charge in [-0.1, -0.05) is 35.8 Å². The molecular weight excluding hydrogens is 324 g/mol. The van der Waals surface area contributed by atoms with E-state index in [0.29, 0.717) is 12.1 Å². The SMILES string of the molecule is CCCNC(C)c1ccc(Br)cc1N1CCCCC1CC. The quantitative estimate of drug-likeness (QED) is 0.749. The van der Waals surface area contributed by atoms with Gasteiger partial charge in [-0.25, -0.2) is 0 Å². The van der Waals surface area contributed by atoms with Crippen LogP contribution < -0.4 is 10.2 Å². The van der Waals surface area contributed by atoms with Crippen molar-refractivity contribution < 1.29 is 0 Å². The summed E-state index contributed by atoms with van der Waals surface area (Å²) in [5, 5.41) is 3.64. The molecule has 2 nitrogen and oxygen atoms in total. The summed E-state index contributed by atoms with van der Waals surface area (Å²) in [6.07, 6.45) is 6.45. The highest BCUT2D eigenvalue weighted by Crippen LogP contribution is 2.34. The predicted molar refractivity (Wildman–Crippen MR) is 96.1 cm³/mol. The zero-order valence-electron chi connectivity index (χ0n) is 13.7. The second-order valence-corrected chi connectivity index (χ2v) is 7.05. The average Bonchev–Trinajstić information content (AvgIpc) is 2.52. The summed E-state index contributed by atoms with van der Waals surface area (Å²) in [7, 11) is 0. The second kappa shape index (κ2) is 8.19. The second-order valence-electron chi connectivity index (χ2n) is 6.13. The van der Waals surface area contributed by atoms with Gasteiger partial charge < -0.3 is 10.2 Å². The van der Waals surface area contributed by atoms with Crippen molar-refractivity contribution in [1.29, 1.82) is 0 Å². The van der Waals surface area contributed by atoms with Crippen LogP contribution in [-0.4, -0.2) is 19.1 Å². The Labute approximate surface area is 138 Å². The van der Waals surface area contributed by atoms with Gasteiger partial charge in [-0.05, 0) is 63.3 Å². The fraction of sp³-hybridized carbons (Fsp3) is 0.667. The topological polar surface area (TPSA) is 15.3 Å². The standard InChI is InChI=1S/C18H29BrN2/c1-4-11-20-14(3)17-10-9-15(19)13-18(17)21-12-7-6-8-16(21)5-2/h9-10,13-14,16,20H,4-8,11-12H2,1-3H3. The van der Waals surface area contributed by atoms with E-state index in [9.17, 15) is 0 Å². The van der Waals surface area contributed by atoms with Crippen LogP contribution in [0.1, 0.15) is 64.5 Å². The van der Waals surface area contributed by atoms with E-state index in [1.54, 1.807) is 0 Å². The molecule has 2 unspecified atom stereocenters. The van der Waals surface area contributed by atoms with Crippen LogP contribution in [-0.2, 0) is 0 Å². The van der Waals surface area contributed by atoms with E-state index < -0.39 is 0 Å². The smallest absolute Gasteiger partial charge is 0.0428 e. The molecule has 0 saturated carbocycles. The number of hydrogen-bond donors (Lipinski definition) is 1. The Morgan fingerprint density at radius 2 is 2.14 bits per heavy atom. The Morgan fingerprint density at radius 1 is 1.33 bits per heavy atom. The Kier molecular flexibility index (Phi) is 6.56. The molecule has 21 heavy (non-hydrogen) atoms. The first-order chi connectivity index (χ1) is 10.2. The lowest BCUT2D eigenvalue weighted by Crippen LogP contribution is -2.40. The van der Waals surface area contributed by atoms with Gasteiger partial charge in [0.05, 0.1) is 0 Å². The molecule has 1 fully saturated rings. The molecule has 0 aliphatic carbocycles. The van der Waals surface area contributed by atoms with Gasteiger partial charge in [0, 0.05) is 28.8 Å². The number of nitrogens with one attached hydrogen (secondary N) is 1. The van der Waals surface area contributed by atoms with E-state index in [2.05, 4.69) is 65.1 Å². The van der Waals surface area contributed by atoms with E-state index in [1.807, 2.05) is 0 Å². The first-order valence-corrected chi connectivity index (χ1v) is 9.26. The largest absolute Gasteiger partial charge is 0.368 e. The maximum atomic E-state index is 3.66. The third kappa shape index (κ3) is 4.23. The predicted octanol–water partition coefficient (Wildman–Crippen LogP) is 5.28. The van der Waals surface area contributed by atoms with Gasteiger partial charge in [0.25, 0.3) is 0 Å². The summed E-state index contributed by atoms with van der Waals surface area (Å²) in [5.41, 5.74) is 2.86. The number of hydrogen-bond acceptors (Lipinski definition) is 2. The molecule has 1 heterocycles. The van der Waals surface area contributed by atoms with Crippen LogP contribution in [0.5, 0.6) is 0 Å². The first kappa shape index (κ1) is 16.8. The first-order valence-electron chi connectivity index (χ1n) is 8.46. The van der Waals surface area contributed by atoms with Crippen molar-refractivity contribution in [2.75, 3.05) is 18.0 Å². The Morgan fingerprint density at radius 3 is 2.86 bits per heavy atom. The molecule has 118 valence electrons. The Balaban J connectivity index is 2.29. The molecule has 0 spiro atoms. The van der Waals surface area contributed by atoms with Gasteiger partial charge in [-0.2, -0.15) is 0 Å². The summed E-state index contributed by atoms with van der Waals surface area (Å²) in [5.74, 6) is 0. The molecular formula is C18H29BrN2. The van der Waals surface area contributed by atoms with Gasteiger partial charge in [-0.3, -0.25) is 0 Å². The summed E-state index contributed by atoms with van der Waals surface area (Å²) in [6, 6.07) is 7.88. The van der Waals surface area contributed by atoms with E-state index in [1.165, 1.54) is 54.4 Å². The minimum absolute atomic E-state index is 0.410. The third-order valence-electron chi connectivity index (χ3n) is 4.57. The molecule has 3 heteroatoms. The highest BCUT2D eigenvalue weighted by Gasteiger charge is 2.24. The molecule has 1 aromatic rings. The van der Waals surface area contributed by atoms with Crippen LogP contribution in [0.15, 0.2) is 22.7 Å². The highest BCUT2D eigenvalue weighted by atomic mass is 79.9. The zero-order chi connectivity index (χ0) is 15.2. The van der Waals surface area contributed by atoms with Gasteiger partial charge in [0.1, 0.15) is 0 Å². The van der Waals surface area contributed by atoms with Gasteiger partial charge in [0.2, 0.25) is 0 Å². The van der Waals surface area contributed by atoms with Crippen molar-refractivity contribution in [3.05, 3.63) is 28.2 Å². The minimum Gasteiger partial charge on any atom is -0.368 e. The minimum atomic E-state index is 0.410. The molecule has 2 atom stereocenters. The Bertz CT molecular complexity index is 447. The zero-order valence-corrected chi connectivity index (χ0v) is 15.2. The van der Waals surface area contributed by atoms with Crippen LogP contribution in [0.4, 0.5) is 5.69 Å². The van der Waals surface area contributed by atoms with E-state index >= 15 is 0 Å². The normalized spacial score (nSPS) is 20.6. The average molecular weight is 353 g/mol. The van der Waals surface area contributed by atoms with Gasteiger partial charge in [0.15, 0.2) is 0 Å². The fourth-order valence-corrected chi connectivity index (χ4v) is 3.69. The number of nitrogens with zero attached hydrogens (tertiary/aromatic N) is 1. The van der Waals surface area contributed by atoms with E-state index in [-0.39, 0.29) is 0 Å². The van der Waals surface area contributed by atoms with Crippen molar-refractivity contribution in [2.45, 2.75) is 65.0 Å². The molecule has 1 aliphatic rings. The number of benzene rings is 1. The van der Waals surface area contributed by atoms with Crippen LogP contribution in [0.3, 0.4) is 0 Å². The summed E-state index contributed by atoms with van der Waals surface area (Å²) in [6.45, 7) is 9.10. The lowest BCUT2D eigenvalue weighted by Gasteiger charge is -2.39. The Hall–Kier alpha value is -0.540. The fourth-order valence-electron chi connectivity index (χ4n) is 3.34. The maximum absolute atomic E-state index is 3.66. The molecule has 0 aromatic heterocycles. The van der Waals surface area contributed by atoms with Gasteiger partial charge in [-0.15, -0.1) is 0 Å². The molecule has 0 bridgehead atoms. The van der Waals surface area contributed by atoms with E-state index in [4.69, 9.17) is 0 Å². The highest BCUT2D eigenvalue weighted by molar-refractivity contribution is 9.10. The number of rotatable bonds is 6. The van der Waals surface area contributed by atoms with Gasteiger partial charge >= 0.3 is 0 Å². The third-order valence-corrected chi connectivity index (χ3v) is 5.06. The van der Waals surface area contributed by atoms with Crippen molar-refractivity contribution in [2.24, 2.45) is 0 Å².